The molecule has 0 bridgehead atoms. The lowest BCUT2D eigenvalue weighted by Gasteiger charge is -2.34. The van der Waals surface area contributed by atoms with Crippen molar-refractivity contribution in [2.75, 3.05) is 17.2 Å². The molecule has 19 heavy (non-hydrogen) atoms. The van der Waals surface area contributed by atoms with Gasteiger partial charge in [0.2, 0.25) is 0 Å². The molecule has 0 aromatic heterocycles. The second kappa shape index (κ2) is 7.04. The number of anilines is 2. The van der Waals surface area contributed by atoms with Crippen LogP contribution in [0, 0.1) is 17.2 Å². The van der Waals surface area contributed by atoms with E-state index in [9.17, 15) is 0 Å². The minimum absolute atomic E-state index is 0.523. The van der Waals surface area contributed by atoms with E-state index in [0.29, 0.717) is 23.2 Å². The molecule has 0 radical (unpaired) electrons. The second-order valence-corrected chi connectivity index (χ2v) is 5.40. The van der Waals surface area contributed by atoms with Crippen molar-refractivity contribution in [2.24, 2.45) is 5.92 Å². The molecule has 1 aromatic rings. The number of nitrogens with zero attached hydrogens (tertiary/aromatic N) is 2. The standard InChI is InChI=1S/C16H25N3/c1-5-14(6-2)19(11-12(3)4)15-8-7-13(10-17)16(18)9-15/h7-9,12,14H,5-6,11,18H2,1-4H3. The summed E-state index contributed by atoms with van der Waals surface area (Å²) >= 11 is 0. The first-order chi connectivity index (χ1) is 9.03. The van der Waals surface area contributed by atoms with Crippen molar-refractivity contribution in [3.05, 3.63) is 23.8 Å². The van der Waals surface area contributed by atoms with E-state index in [4.69, 9.17) is 11.0 Å². The molecule has 0 fully saturated rings. The van der Waals surface area contributed by atoms with Crippen molar-refractivity contribution in [2.45, 2.75) is 46.6 Å². The SMILES string of the molecule is CCC(CC)N(CC(C)C)c1ccc(C#N)c(N)c1. The quantitative estimate of drug-likeness (QED) is 0.791. The first-order valence-electron chi connectivity index (χ1n) is 7.09. The molecule has 3 nitrogen and oxygen atoms in total. The highest BCUT2D eigenvalue weighted by Gasteiger charge is 2.17. The highest BCUT2D eigenvalue weighted by molar-refractivity contribution is 5.64. The lowest BCUT2D eigenvalue weighted by molar-refractivity contribution is 0.507. The molecule has 0 saturated heterocycles. The number of nitrogen functional groups attached to an aromatic ring is 1. The van der Waals surface area contributed by atoms with E-state index in [2.05, 4.69) is 38.7 Å². The Labute approximate surface area is 117 Å². The molecule has 0 unspecified atom stereocenters. The van der Waals surface area contributed by atoms with Crippen molar-refractivity contribution in [1.82, 2.24) is 0 Å². The zero-order valence-corrected chi connectivity index (χ0v) is 12.5. The Balaban J connectivity index is 3.10. The van der Waals surface area contributed by atoms with Crippen LogP contribution < -0.4 is 10.6 Å². The third-order valence-electron chi connectivity index (χ3n) is 3.43. The molecule has 0 aliphatic carbocycles. The molecule has 104 valence electrons. The summed E-state index contributed by atoms with van der Waals surface area (Å²) in [5.74, 6) is 0.595. The van der Waals surface area contributed by atoms with E-state index in [1.54, 1.807) is 0 Å². The highest BCUT2D eigenvalue weighted by Crippen LogP contribution is 2.25. The second-order valence-electron chi connectivity index (χ2n) is 5.40. The van der Waals surface area contributed by atoms with Crippen molar-refractivity contribution in [1.29, 1.82) is 5.26 Å². The monoisotopic (exact) mass is 259 g/mol. The molecule has 2 N–H and O–H groups in total. The topological polar surface area (TPSA) is 53.0 Å². The van der Waals surface area contributed by atoms with Crippen LogP contribution in [-0.4, -0.2) is 12.6 Å². The number of hydrogen-bond acceptors (Lipinski definition) is 3. The van der Waals surface area contributed by atoms with E-state index >= 15 is 0 Å². The first-order valence-corrected chi connectivity index (χ1v) is 7.09. The van der Waals surface area contributed by atoms with Crippen LogP contribution >= 0.6 is 0 Å². The maximum atomic E-state index is 8.95. The zero-order valence-electron chi connectivity index (χ0n) is 12.5. The van der Waals surface area contributed by atoms with Crippen molar-refractivity contribution >= 4 is 11.4 Å². The number of rotatable bonds is 6. The average molecular weight is 259 g/mol. The van der Waals surface area contributed by atoms with Gasteiger partial charge in [0.05, 0.1) is 11.3 Å². The molecule has 0 atom stereocenters. The van der Waals surface area contributed by atoms with Gasteiger partial charge < -0.3 is 10.6 Å². The van der Waals surface area contributed by atoms with Crippen LogP contribution in [0.2, 0.25) is 0 Å². The van der Waals surface area contributed by atoms with Gasteiger partial charge in [-0.3, -0.25) is 0 Å². The number of nitriles is 1. The molecule has 0 aliphatic heterocycles. The average Bonchev–Trinajstić information content (AvgIpc) is 2.38. The predicted octanol–water partition coefficient (Wildman–Crippen LogP) is 3.79. The molecule has 3 heteroatoms. The third-order valence-corrected chi connectivity index (χ3v) is 3.43. The number of nitrogens with two attached hydrogens (primary N) is 1. The predicted molar refractivity (Wildman–Crippen MR) is 82.1 cm³/mol. The van der Waals surface area contributed by atoms with Crippen molar-refractivity contribution in [3.8, 4) is 6.07 Å². The lowest BCUT2D eigenvalue weighted by Crippen LogP contribution is -2.37. The molecular formula is C16H25N3. The van der Waals surface area contributed by atoms with E-state index < -0.39 is 0 Å². The fraction of sp³-hybridized carbons (Fsp3) is 0.562. The van der Waals surface area contributed by atoms with Crippen LogP contribution in [0.1, 0.15) is 46.1 Å². The summed E-state index contributed by atoms with van der Waals surface area (Å²) in [7, 11) is 0. The Hall–Kier alpha value is -1.69. The van der Waals surface area contributed by atoms with E-state index in [-0.39, 0.29) is 0 Å². The third kappa shape index (κ3) is 3.89. The molecule has 0 amide bonds. The van der Waals surface area contributed by atoms with Gasteiger partial charge >= 0.3 is 0 Å². The van der Waals surface area contributed by atoms with Crippen molar-refractivity contribution in [3.63, 3.8) is 0 Å². The summed E-state index contributed by atoms with van der Waals surface area (Å²) in [5, 5.41) is 8.95. The smallest absolute Gasteiger partial charge is 0.101 e. The summed E-state index contributed by atoms with van der Waals surface area (Å²) in [4.78, 5) is 2.42. The van der Waals surface area contributed by atoms with Crippen LogP contribution in [0.25, 0.3) is 0 Å². The minimum atomic E-state index is 0.523. The Morgan fingerprint density at radius 1 is 1.26 bits per heavy atom. The summed E-state index contributed by atoms with van der Waals surface area (Å²) in [5.41, 5.74) is 8.18. The van der Waals surface area contributed by atoms with Gasteiger partial charge in [-0.15, -0.1) is 0 Å². The lowest BCUT2D eigenvalue weighted by atomic mass is 10.0. The van der Waals surface area contributed by atoms with Gasteiger partial charge in [-0.25, -0.2) is 0 Å². The number of hydrogen-bond donors (Lipinski definition) is 1. The Bertz CT molecular complexity index is 442. The van der Waals surface area contributed by atoms with Gasteiger partial charge in [0.1, 0.15) is 6.07 Å². The maximum Gasteiger partial charge on any atom is 0.101 e. The summed E-state index contributed by atoms with van der Waals surface area (Å²) in [6.45, 7) is 9.89. The van der Waals surface area contributed by atoms with Crippen LogP contribution in [0.5, 0.6) is 0 Å². The van der Waals surface area contributed by atoms with Crippen LogP contribution in [0.15, 0.2) is 18.2 Å². The number of benzene rings is 1. The van der Waals surface area contributed by atoms with E-state index in [1.165, 1.54) is 0 Å². The Morgan fingerprint density at radius 2 is 1.89 bits per heavy atom. The van der Waals surface area contributed by atoms with Gasteiger partial charge in [-0.05, 0) is 37.0 Å². The van der Waals surface area contributed by atoms with E-state index in [1.807, 2.05) is 18.2 Å². The fourth-order valence-electron chi connectivity index (χ4n) is 2.42. The Kier molecular flexibility index (Phi) is 5.69. The molecule has 1 aromatic carbocycles. The van der Waals surface area contributed by atoms with Crippen LogP contribution in [-0.2, 0) is 0 Å². The van der Waals surface area contributed by atoms with Gasteiger partial charge in [-0.2, -0.15) is 5.26 Å². The molecule has 0 aliphatic rings. The molecule has 0 heterocycles. The van der Waals surface area contributed by atoms with Crippen LogP contribution in [0.4, 0.5) is 11.4 Å². The van der Waals surface area contributed by atoms with Crippen molar-refractivity contribution < 1.29 is 0 Å². The van der Waals surface area contributed by atoms with E-state index in [0.717, 1.165) is 25.1 Å². The fourth-order valence-corrected chi connectivity index (χ4v) is 2.42. The minimum Gasteiger partial charge on any atom is -0.398 e. The molecule has 1 rings (SSSR count). The van der Waals surface area contributed by atoms with Gasteiger partial charge in [0.15, 0.2) is 0 Å². The van der Waals surface area contributed by atoms with Gasteiger partial charge in [-0.1, -0.05) is 27.7 Å². The first kappa shape index (κ1) is 15.4. The highest BCUT2D eigenvalue weighted by atomic mass is 15.2. The maximum absolute atomic E-state index is 8.95. The largest absolute Gasteiger partial charge is 0.398 e. The molecule has 0 saturated carbocycles. The summed E-state index contributed by atoms with van der Waals surface area (Å²) < 4.78 is 0. The molecular weight excluding hydrogens is 234 g/mol. The van der Waals surface area contributed by atoms with Gasteiger partial charge in [0.25, 0.3) is 0 Å². The Morgan fingerprint density at radius 3 is 2.32 bits per heavy atom. The summed E-state index contributed by atoms with van der Waals surface area (Å²) in [6.07, 6.45) is 2.23. The molecule has 0 spiro atoms. The van der Waals surface area contributed by atoms with Gasteiger partial charge in [0, 0.05) is 18.3 Å². The van der Waals surface area contributed by atoms with Crippen LogP contribution in [0.3, 0.4) is 0 Å². The zero-order chi connectivity index (χ0) is 14.4. The summed E-state index contributed by atoms with van der Waals surface area (Å²) in [6, 6.07) is 8.40. The normalized spacial score (nSPS) is 10.8.